The minimum absolute atomic E-state index is 0.832. The maximum atomic E-state index is 10.3. The van der Waals surface area contributed by atoms with Gasteiger partial charge >= 0.3 is 5.97 Å². The second kappa shape index (κ2) is 18.3. The van der Waals surface area contributed by atoms with Crippen molar-refractivity contribution in [2.24, 2.45) is 0 Å². The zero-order chi connectivity index (χ0) is 16.3. The van der Waals surface area contributed by atoms with Crippen molar-refractivity contribution in [2.45, 2.75) is 110 Å². The molecule has 0 radical (unpaired) electrons. The Morgan fingerprint density at radius 3 is 1.41 bits per heavy atom. The van der Waals surface area contributed by atoms with Gasteiger partial charge in [-0.3, -0.25) is 0 Å². The maximum absolute atomic E-state index is 10.3. The lowest BCUT2D eigenvalue weighted by molar-refractivity contribution is -0.131. The Morgan fingerprint density at radius 2 is 1.05 bits per heavy atom. The lowest BCUT2D eigenvalue weighted by atomic mass is 10.0. The molecule has 0 aromatic carbocycles. The number of carboxylic acids is 1. The molecule has 0 amide bonds. The van der Waals surface area contributed by atoms with Gasteiger partial charge in [-0.15, -0.1) is 0 Å². The molecule has 0 fully saturated rings. The summed E-state index contributed by atoms with van der Waals surface area (Å²) in [6, 6.07) is 0. The van der Waals surface area contributed by atoms with Gasteiger partial charge in [-0.25, -0.2) is 4.79 Å². The van der Waals surface area contributed by atoms with Crippen molar-refractivity contribution in [3.05, 3.63) is 12.2 Å². The van der Waals surface area contributed by atoms with Crippen LogP contribution in [-0.4, -0.2) is 11.1 Å². The molecule has 2 nitrogen and oxygen atoms in total. The number of carboxylic acid groups (broad SMARTS) is 1. The largest absolute Gasteiger partial charge is 0.478 e. The summed E-state index contributed by atoms with van der Waals surface area (Å²) in [5.74, 6) is -0.832. The van der Waals surface area contributed by atoms with E-state index in [1.54, 1.807) is 6.08 Å². The molecule has 0 aliphatic carbocycles. The predicted octanol–water partition coefficient (Wildman–Crippen LogP) is 6.89. The molecular weight excluding hydrogens is 272 g/mol. The van der Waals surface area contributed by atoms with Crippen LogP contribution in [-0.2, 0) is 4.79 Å². The summed E-state index contributed by atoms with van der Waals surface area (Å²) in [5.41, 5.74) is 0. The average molecular weight is 311 g/mol. The van der Waals surface area contributed by atoms with Gasteiger partial charge in [-0.1, -0.05) is 103 Å². The number of unbranched alkanes of at least 4 members (excludes halogenated alkanes) is 15. The van der Waals surface area contributed by atoms with Crippen LogP contribution >= 0.6 is 0 Å². The highest BCUT2D eigenvalue weighted by Gasteiger charge is 1.94. The Balaban J connectivity index is 3.01. The Morgan fingerprint density at radius 1 is 0.682 bits per heavy atom. The molecule has 0 rings (SSSR count). The van der Waals surface area contributed by atoms with Crippen LogP contribution in [0.5, 0.6) is 0 Å². The lowest BCUT2D eigenvalue weighted by Crippen LogP contribution is -1.86. The molecule has 0 saturated carbocycles. The third kappa shape index (κ3) is 19.2. The molecule has 0 atom stereocenters. The summed E-state index contributed by atoms with van der Waals surface area (Å²) in [6.45, 7) is 2.27. The zero-order valence-corrected chi connectivity index (χ0v) is 14.8. The van der Waals surface area contributed by atoms with E-state index in [1.807, 2.05) is 0 Å². The first-order valence-corrected chi connectivity index (χ1v) is 9.67. The monoisotopic (exact) mass is 310 g/mol. The first-order valence-electron chi connectivity index (χ1n) is 9.67. The van der Waals surface area contributed by atoms with Crippen molar-refractivity contribution in [1.82, 2.24) is 0 Å². The molecule has 0 heterocycles. The second-order valence-corrected chi connectivity index (χ2v) is 6.48. The van der Waals surface area contributed by atoms with Gasteiger partial charge < -0.3 is 5.11 Å². The van der Waals surface area contributed by atoms with Crippen molar-refractivity contribution >= 4 is 5.97 Å². The minimum atomic E-state index is -0.832. The number of allylic oxidation sites excluding steroid dienone is 1. The SMILES string of the molecule is CCCCCCCCCCCCCCCCC/C=C\C(=O)O. The summed E-state index contributed by atoms with van der Waals surface area (Å²) in [6.07, 6.45) is 24.5. The van der Waals surface area contributed by atoms with Crippen molar-refractivity contribution < 1.29 is 9.90 Å². The van der Waals surface area contributed by atoms with E-state index in [9.17, 15) is 4.79 Å². The average Bonchev–Trinajstić information content (AvgIpc) is 2.50. The molecule has 0 spiro atoms. The molecule has 0 saturated heterocycles. The van der Waals surface area contributed by atoms with Gasteiger partial charge in [0.1, 0.15) is 0 Å². The molecular formula is C20H38O2. The molecule has 0 aliphatic heterocycles. The van der Waals surface area contributed by atoms with E-state index in [4.69, 9.17) is 5.11 Å². The van der Waals surface area contributed by atoms with Crippen molar-refractivity contribution in [3.63, 3.8) is 0 Å². The molecule has 22 heavy (non-hydrogen) atoms. The van der Waals surface area contributed by atoms with Crippen molar-refractivity contribution in [1.29, 1.82) is 0 Å². The standard InChI is InChI=1S/C20H38O2/c1-2-3-4-5-6-7-8-9-10-11-12-13-14-15-16-17-18-19-20(21)22/h18-19H,2-17H2,1H3,(H,21,22)/b19-18-. The fourth-order valence-corrected chi connectivity index (χ4v) is 2.82. The van der Waals surface area contributed by atoms with Gasteiger partial charge in [-0.05, 0) is 12.8 Å². The van der Waals surface area contributed by atoms with Crippen LogP contribution in [0.1, 0.15) is 110 Å². The van der Waals surface area contributed by atoms with E-state index in [0.717, 1.165) is 12.8 Å². The van der Waals surface area contributed by atoms with Crippen LogP contribution in [0.2, 0.25) is 0 Å². The highest BCUT2D eigenvalue weighted by Crippen LogP contribution is 2.13. The van der Waals surface area contributed by atoms with Gasteiger partial charge in [0.05, 0.1) is 0 Å². The Hall–Kier alpha value is -0.790. The van der Waals surface area contributed by atoms with E-state index in [1.165, 1.54) is 96.0 Å². The number of rotatable bonds is 17. The van der Waals surface area contributed by atoms with Crippen LogP contribution in [0.15, 0.2) is 12.2 Å². The quantitative estimate of drug-likeness (QED) is 0.234. The fraction of sp³-hybridized carbons (Fsp3) is 0.850. The molecule has 0 unspecified atom stereocenters. The molecule has 1 N–H and O–H groups in total. The Kier molecular flexibility index (Phi) is 17.6. The highest BCUT2D eigenvalue weighted by atomic mass is 16.4. The smallest absolute Gasteiger partial charge is 0.327 e. The van der Waals surface area contributed by atoms with Gasteiger partial charge in [-0.2, -0.15) is 0 Å². The van der Waals surface area contributed by atoms with E-state index < -0.39 is 5.97 Å². The van der Waals surface area contributed by atoms with E-state index >= 15 is 0 Å². The predicted molar refractivity (Wildman–Crippen MR) is 96.3 cm³/mol. The van der Waals surface area contributed by atoms with E-state index in [0.29, 0.717) is 0 Å². The van der Waals surface area contributed by atoms with Crippen LogP contribution in [0.3, 0.4) is 0 Å². The van der Waals surface area contributed by atoms with Gasteiger partial charge in [0.2, 0.25) is 0 Å². The molecule has 0 aromatic heterocycles. The Bertz CT molecular complexity index is 258. The number of aliphatic carboxylic acids is 1. The molecule has 2 heteroatoms. The van der Waals surface area contributed by atoms with E-state index in [2.05, 4.69) is 6.92 Å². The molecule has 0 bridgehead atoms. The number of carbonyl (C=O) groups is 1. The maximum Gasteiger partial charge on any atom is 0.327 e. The van der Waals surface area contributed by atoms with Crippen molar-refractivity contribution in [2.75, 3.05) is 0 Å². The van der Waals surface area contributed by atoms with Crippen LogP contribution < -0.4 is 0 Å². The molecule has 130 valence electrons. The highest BCUT2D eigenvalue weighted by molar-refractivity contribution is 5.79. The minimum Gasteiger partial charge on any atom is -0.478 e. The summed E-state index contributed by atoms with van der Waals surface area (Å²) in [5, 5.41) is 8.45. The lowest BCUT2D eigenvalue weighted by Gasteiger charge is -2.03. The normalized spacial score (nSPS) is 11.3. The number of hydrogen-bond acceptors (Lipinski definition) is 1. The van der Waals surface area contributed by atoms with Crippen LogP contribution in [0.25, 0.3) is 0 Å². The second-order valence-electron chi connectivity index (χ2n) is 6.48. The van der Waals surface area contributed by atoms with Gasteiger partial charge in [0.25, 0.3) is 0 Å². The van der Waals surface area contributed by atoms with Gasteiger partial charge in [0.15, 0.2) is 0 Å². The molecule has 0 aliphatic rings. The first kappa shape index (κ1) is 21.2. The van der Waals surface area contributed by atoms with E-state index in [-0.39, 0.29) is 0 Å². The van der Waals surface area contributed by atoms with Gasteiger partial charge in [0, 0.05) is 6.08 Å². The Labute approximate surface area is 138 Å². The third-order valence-electron chi connectivity index (χ3n) is 4.23. The third-order valence-corrected chi connectivity index (χ3v) is 4.23. The van der Waals surface area contributed by atoms with Crippen LogP contribution in [0.4, 0.5) is 0 Å². The fourth-order valence-electron chi connectivity index (χ4n) is 2.82. The number of hydrogen-bond donors (Lipinski definition) is 1. The topological polar surface area (TPSA) is 37.3 Å². The van der Waals surface area contributed by atoms with Crippen molar-refractivity contribution in [3.8, 4) is 0 Å². The summed E-state index contributed by atoms with van der Waals surface area (Å²) >= 11 is 0. The summed E-state index contributed by atoms with van der Waals surface area (Å²) < 4.78 is 0. The zero-order valence-electron chi connectivity index (χ0n) is 14.8. The summed E-state index contributed by atoms with van der Waals surface area (Å²) in [4.78, 5) is 10.3. The first-order chi connectivity index (χ1) is 10.8. The van der Waals surface area contributed by atoms with Crippen LogP contribution in [0, 0.1) is 0 Å². The summed E-state index contributed by atoms with van der Waals surface area (Å²) in [7, 11) is 0. The molecule has 0 aromatic rings.